The molecule has 11 heteroatoms. The van der Waals surface area contributed by atoms with E-state index in [0.717, 1.165) is 6.07 Å². The molecule has 2 heterocycles. The van der Waals surface area contributed by atoms with Crippen LogP contribution in [-0.4, -0.2) is 41.9 Å². The van der Waals surface area contributed by atoms with Crippen molar-refractivity contribution in [3.8, 4) is 11.4 Å². The number of rotatable bonds is 5. The third-order valence-electron chi connectivity index (χ3n) is 5.12. The van der Waals surface area contributed by atoms with Crippen LogP contribution in [0, 0.1) is 11.7 Å². The van der Waals surface area contributed by atoms with Crippen LogP contribution < -0.4 is 11.1 Å². The van der Waals surface area contributed by atoms with Crippen molar-refractivity contribution in [1.82, 2.24) is 14.4 Å². The Bertz CT molecular complexity index is 1260. The fourth-order valence-corrected chi connectivity index (χ4v) is 5.03. The quantitative estimate of drug-likeness (QED) is 0.619. The molecule has 0 atom stereocenters. The number of amides is 1. The third kappa shape index (κ3) is 4.42. The van der Waals surface area contributed by atoms with Crippen LogP contribution in [0.4, 0.5) is 10.1 Å². The number of nitrogens with zero attached hydrogens (tertiary/aromatic N) is 2. The summed E-state index contributed by atoms with van der Waals surface area (Å²) in [5.74, 6) is -1.86. The zero-order chi connectivity index (χ0) is 22.0. The van der Waals surface area contributed by atoms with Gasteiger partial charge in [-0.05, 0) is 37.1 Å². The van der Waals surface area contributed by atoms with Crippen molar-refractivity contribution < 1.29 is 22.1 Å². The molecule has 1 saturated heterocycles. The molecule has 0 saturated carbocycles. The van der Waals surface area contributed by atoms with E-state index in [0.29, 0.717) is 24.1 Å². The van der Waals surface area contributed by atoms with E-state index in [1.54, 1.807) is 24.3 Å². The lowest BCUT2D eigenvalue weighted by Crippen LogP contribution is -2.41. The smallest absolute Gasteiger partial charge is 0.326 e. The fraction of sp³-hybridized carbons (Fsp3) is 0.250. The lowest BCUT2D eigenvalue weighted by atomic mass is 9.97. The minimum Gasteiger partial charge on any atom is -0.326 e. The second-order valence-electron chi connectivity index (χ2n) is 7.12. The van der Waals surface area contributed by atoms with E-state index >= 15 is 0 Å². The number of aromatic amines is 1. The van der Waals surface area contributed by atoms with E-state index in [4.69, 9.17) is 0 Å². The number of nitrogens with one attached hydrogen (secondary N) is 2. The second kappa shape index (κ2) is 8.44. The summed E-state index contributed by atoms with van der Waals surface area (Å²) in [6, 6.07) is 12.0. The van der Waals surface area contributed by atoms with Crippen molar-refractivity contribution >= 4 is 21.6 Å². The van der Waals surface area contributed by atoms with Crippen molar-refractivity contribution in [2.24, 2.45) is 5.92 Å². The molecule has 3 aromatic rings. The van der Waals surface area contributed by atoms with Gasteiger partial charge in [-0.15, -0.1) is 0 Å². The minimum atomic E-state index is -3.95. The number of carbonyl (C=O) groups is 1. The molecule has 4 rings (SSSR count). The highest BCUT2D eigenvalue weighted by molar-refractivity contribution is 7.89. The number of hydrogen-bond donors (Lipinski definition) is 2. The zero-order valence-corrected chi connectivity index (χ0v) is 17.1. The number of carbonyl (C=O) groups excluding carboxylic acids is 1. The number of benzene rings is 2. The first kappa shape index (κ1) is 20.9. The maximum atomic E-state index is 13.9. The van der Waals surface area contributed by atoms with Gasteiger partial charge < -0.3 is 5.32 Å². The maximum Gasteiger partial charge on any atom is 0.439 e. The number of aromatic nitrogens is 2. The minimum absolute atomic E-state index is 0.120. The zero-order valence-electron chi connectivity index (χ0n) is 16.2. The highest BCUT2D eigenvalue weighted by Gasteiger charge is 2.33. The molecule has 1 fully saturated rings. The number of anilines is 1. The first-order valence-electron chi connectivity index (χ1n) is 9.56. The SMILES string of the molecule is O=C(Nc1cccc(-c2noc(=O)[nH]2)c1)C1CCN(S(=O)(=O)c2ccccc2F)CC1. The van der Waals surface area contributed by atoms with Crippen molar-refractivity contribution in [1.29, 1.82) is 0 Å². The molecule has 2 N–H and O–H groups in total. The molecule has 1 aromatic heterocycles. The van der Waals surface area contributed by atoms with E-state index in [2.05, 4.69) is 20.0 Å². The average Bonchev–Trinajstić information content (AvgIpc) is 3.20. The Kier molecular flexibility index (Phi) is 5.70. The number of sulfonamides is 1. The molecular formula is C20H19FN4O5S. The predicted molar refractivity (Wildman–Crippen MR) is 109 cm³/mol. The van der Waals surface area contributed by atoms with Gasteiger partial charge in [0.2, 0.25) is 15.9 Å². The van der Waals surface area contributed by atoms with Crippen LogP contribution in [-0.2, 0) is 14.8 Å². The lowest BCUT2D eigenvalue weighted by Gasteiger charge is -2.30. The van der Waals surface area contributed by atoms with Gasteiger partial charge in [0.15, 0.2) is 5.82 Å². The van der Waals surface area contributed by atoms with E-state index < -0.39 is 21.6 Å². The molecular weight excluding hydrogens is 427 g/mol. The van der Waals surface area contributed by atoms with Gasteiger partial charge >= 0.3 is 5.76 Å². The molecule has 1 aliphatic rings. The Balaban J connectivity index is 1.40. The number of halogens is 1. The normalized spacial score (nSPS) is 15.6. The summed E-state index contributed by atoms with van der Waals surface area (Å²) in [6.45, 7) is 0.240. The molecule has 0 spiro atoms. The van der Waals surface area contributed by atoms with Gasteiger partial charge in [0.05, 0.1) is 0 Å². The topological polar surface area (TPSA) is 125 Å². The van der Waals surface area contributed by atoms with E-state index in [-0.39, 0.29) is 35.6 Å². The molecule has 0 radical (unpaired) electrons. The van der Waals surface area contributed by atoms with Gasteiger partial charge in [0.25, 0.3) is 0 Å². The van der Waals surface area contributed by atoms with Crippen LogP contribution in [0.25, 0.3) is 11.4 Å². The molecule has 2 aromatic carbocycles. The van der Waals surface area contributed by atoms with Crippen molar-refractivity contribution in [2.45, 2.75) is 17.7 Å². The summed E-state index contributed by atoms with van der Waals surface area (Å²) in [7, 11) is -3.95. The summed E-state index contributed by atoms with van der Waals surface area (Å²) in [4.78, 5) is 25.9. The summed E-state index contributed by atoms with van der Waals surface area (Å²) < 4.78 is 45.0. The second-order valence-corrected chi connectivity index (χ2v) is 9.03. The Morgan fingerprint density at radius 2 is 1.90 bits per heavy atom. The Labute approximate surface area is 176 Å². The van der Waals surface area contributed by atoms with Gasteiger partial charge in [-0.25, -0.2) is 17.6 Å². The summed E-state index contributed by atoms with van der Waals surface area (Å²) in [5, 5.41) is 6.42. The van der Waals surface area contributed by atoms with Crippen LogP contribution in [0.5, 0.6) is 0 Å². The Morgan fingerprint density at radius 1 is 1.16 bits per heavy atom. The molecule has 0 unspecified atom stereocenters. The monoisotopic (exact) mass is 446 g/mol. The number of H-pyrrole nitrogens is 1. The van der Waals surface area contributed by atoms with Gasteiger partial charge in [-0.2, -0.15) is 4.31 Å². The van der Waals surface area contributed by atoms with Gasteiger partial charge in [-0.3, -0.25) is 14.3 Å². The van der Waals surface area contributed by atoms with Crippen LogP contribution in [0.2, 0.25) is 0 Å². The van der Waals surface area contributed by atoms with Crippen LogP contribution in [0.3, 0.4) is 0 Å². The van der Waals surface area contributed by atoms with Crippen LogP contribution in [0.1, 0.15) is 12.8 Å². The van der Waals surface area contributed by atoms with E-state index in [1.807, 2.05) is 0 Å². The number of hydrogen-bond acceptors (Lipinski definition) is 6. The first-order chi connectivity index (χ1) is 14.8. The summed E-state index contributed by atoms with van der Waals surface area (Å²) >= 11 is 0. The Hall–Kier alpha value is -3.31. The van der Waals surface area contributed by atoms with Gasteiger partial charge in [-0.1, -0.05) is 29.4 Å². The fourth-order valence-electron chi connectivity index (χ4n) is 3.49. The maximum absolute atomic E-state index is 13.9. The molecule has 9 nitrogen and oxygen atoms in total. The van der Waals surface area contributed by atoms with Crippen molar-refractivity contribution in [3.05, 3.63) is 64.9 Å². The van der Waals surface area contributed by atoms with Gasteiger partial charge in [0.1, 0.15) is 10.7 Å². The van der Waals surface area contributed by atoms with E-state index in [9.17, 15) is 22.4 Å². The molecule has 31 heavy (non-hydrogen) atoms. The molecule has 162 valence electrons. The largest absolute Gasteiger partial charge is 0.439 e. The van der Waals surface area contributed by atoms with Crippen LogP contribution >= 0.6 is 0 Å². The lowest BCUT2D eigenvalue weighted by molar-refractivity contribution is -0.120. The summed E-state index contributed by atoms with van der Waals surface area (Å²) in [6.07, 6.45) is 0.631. The predicted octanol–water partition coefficient (Wildman–Crippen LogP) is 2.21. The average molecular weight is 446 g/mol. The third-order valence-corrected chi connectivity index (χ3v) is 7.05. The van der Waals surface area contributed by atoms with E-state index in [1.165, 1.54) is 22.5 Å². The van der Waals surface area contributed by atoms with Crippen LogP contribution in [0.15, 0.2) is 62.7 Å². The van der Waals surface area contributed by atoms with Crippen molar-refractivity contribution in [3.63, 3.8) is 0 Å². The highest BCUT2D eigenvalue weighted by atomic mass is 32.2. The highest BCUT2D eigenvalue weighted by Crippen LogP contribution is 2.26. The first-order valence-corrected chi connectivity index (χ1v) is 11.0. The molecule has 1 amide bonds. The Morgan fingerprint density at radius 3 is 2.58 bits per heavy atom. The standard InChI is InChI=1S/C20H19FN4O5S/c21-16-6-1-2-7-17(16)31(28,29)25-10-8-13(9-11-25)19(26)22-15-5-3-4-14(12-15)18-23-20(27)30-24-18/h1-7,12-13H,8-11H2,(H,22,26)(H,23,24,27). The molecule has 0 bridgehead atoms. The number of piperidine rings is 1. The molecule has 1 aliphatic heterocycles. The summed E-state index contributed by atoms with van der Waals surface area (Å²) in [5.41, 5.74) is 1.07. The van der Waals surface area contributed by atoms with Crippen molar-refractivity contribution in [2.75, 3.05) is 18.4 Å². The van der Waals surface area contributed by atoms with Gasteiger partial charge in [0, 0.05) is 30.3 Å². The molecule has 0 aliphatic carbocycles.